The van der Waals surface area contributed by atoms with Crippen LogP contribution < -0.4 is 0 Å². The second kappa shape index (κ2) is 1.11. The van der Waals surface area contributed by atoms with Gasteiger partial charge in [0.2, 0.25) is 0 Å². The Hall–Kier alpha value is -0.253. The van der Waals surface area contributed by atoms with Crippen LogP contribution in [0, 0.1) is 0 Å². The molecule has 0 aliphatic heterocycles. The van der Waals surface area contributed by atoms with E-state index in [-0.39, 0.29) is 0 Å². The van der Waals surface area contributed by atoms with Gasteiger partial charge in [-0.25, -0.2) is 0 Å². The van der Waals surface area contributed by atoms with Crippen molar-refractivity contribution in [1.29, 1.82) is 0 Å². The van der Waals surface area contributed by atoms with Crippen LogP contribution in [0.15, 0.2) is 0 Å². The van der Waals surface area contributed by atoms with Gasteiger partial charge in [0.15, 0.2) is 0 Å². The average molecular weight is 80.1 g/mol. The van der Waals surface area contributed by atoms with Gasteiger partial charge in [0.05, 0.1) is 0 Å². The summed E-state index contributed by atoms with van der Waals surface area (Å²) in [6.07, 6.45) is 0. The van der Waals surface area contributed by atoms with Gasteiger partial charge in [0.1, 0.15) is 0 Å². The van der Waals surface area contributed by atoms with Crippen LogP contribution in [0.25, 0.3) is 0 Å². The minimum atomic E-state index is -3.63. The monoisotopic (exact) mass is 80.0 g/mol. The molecule has 0 bridgehead atoms. The third-order valence-corrected chi connectivity index (χ3v) is 0. The fourth-order valence-electron chi connectivity index (χ4n) is 0. The first-order chi connectivity index (χ1) is 1.73. The molecule has 2 nitrogen and oxygen atoms in total. The van der Waals surface area contributed by atoms with E-state index in [9.17, 15) is 4.11 Å². The SMILES string of the molecule is O=[Si](O)F. The first-order valence-electron chi connectivity index (χ1n) is 0.617. The predicted octanol–water partition coefficient (Wildman–Crippen LogP) is -0.636. The van der Waals surface area contributed by atoms with Crippen LogP contribution in [-0.4, -0.2) is 14.1 Å². The van der Waals surface area contributed by atoms with Crippen LogP contribution in [0.1, 0.15) is 0 Å². The molecule has 4 heavy (non-hydrogen) atoms. The van der Waals surface area contributed by atoms with E-state index in [1.54, 1.807) is 0 Å². The van der Waals surface area contributed by atoms with Gasteiger partial charge < -0.3 is 4.80 Å². The van der Waals surface area contributed by atoms with Crippen LogP contribution >= 0.6 is 0 Å². The minimum absolute atomic E-state index is 3.63. The molecule has 0 radical (unpaired) electrons. The minimum Gasteiger partial charge on any atom is -0.517 e. The predicted molar refractivity (Wildman–Crippen MR) is 9.77 cm³/mol. The maximum atomic E-state index is 10.1. The van der Waals surface area contributed by atoms with Crippen molar-refractivity contribution in [3.63, 3.8) is 0 Å². The number of hydrogen-bond donors (Lipinski definition) is 1. The highest BCUT2D eigenvalue weighted by molar-refractivity contribution is 6.23. The lowest BCUT2D eigenvalue weighted by Crippen LogP contribution is -1.79. The second-order valence-corrected chi connectivity index (χ2v) is 0.759. The molecule has 0 amide bonds. The van der Waals surface area contributed by atoms with E-state index in [2.05, 4.69) is 0 Å². The number of rotatable bonds is 0. The maximum Gasteiger partial charge on any atom is 0.734 e. The third kappa shape index (κ3) is 15.2. The summed E-state index contributed by atoms with van der Waals surface area (Å²) in [4.78, 5) is 6.94. The summed E-state index contributed by atoms with van der Waals surface area (Å²) in [6.45, 7) is 0. The van der Waals surface area contributed by atoms with Gasteiger partial charge in [-0.1, -0.05) is 0 Å². The molecule has 4 heteroatoms. The highest BCUT2D eigenvalue weighted by Gasteiger charge is 1.87. The molecule has 0 saturated carbocycles. The van der Waals surface area contributed by atoms with E-state index in [1.807, 2.05) is 0 Å². The van der Waals surface area contributed by atoms with Crippen molar-refractivity contribution in [2.45, 2.75) is 0 Å². The van der Waals surface area contributed by atoms with Crippen molar-refractivity contribution < 1.29 is 13.4 Å². The topological polar surface area (TPSA) is 37.3 Å². The summed E-state index contributed by atoms with van der Waals surface area (Å²) in [5, 5.41) is 0. The molecule has 0 saturated heterocycles. The molecular formula is HFO2Si. The van der Waals surface area contributed by atoms with E-state index in [0.717, 1.165) is 0 Å². The van der Waals surface area contributed by atoms with Gasteiger partial charge in [-0.3, -0.25) is 4.46 Å². The van der Waals surface area contributed by atoms with Crippen LogP contribution in [0.3, 0.4) is 0 Å². The van der Waals surface area contributed by atoms with Crippen molar-refractivity contribution in [1.82, 2.24) is 0 Å². The molecule has 0 aromatic rings. The van der Waals surface area contributed by atoms with E-state index in [0.29, 0.717) is 0 Å². The van der Waals surface area contributed by atoms with Crippen molar-refractivity contribution in [2.75, 3.05) is 0 Å². The summed E-state index contributed by atoms with van der Waals surface area (Å²) in [6, 6.07) is 0. The summed E-state index contributed by atoms with van der Waals surface area (Å²) >= 11 is 0. The third-order valence-electron chi connectivity index (χ3n) is 0. The highest BCUT2D eigenvalue weighted by atomic mass is 28.3. The Bertz CT molecular complexity index is 29.0. The van der Waals surface area contributed by atoms with Gasteiger partial charge in [-0.2, -0.15) is 4.11 Å². The van der Waals surface area contributed by atoms with Gasteiger partial charge in [0, 0.05) is 0 Å². The number of hydrogen-bond acceptors (Lipinski definition) is 1. The highest BCUT2D eigenvalue weighted by Crippen LogP contribution is 1.46. The summed E-state index contributed by atoms with van der Waals surface area (Å²) < 4.78 is 18.6. The molecule has 24 valence electrons. The standard InChI is InChI=1S/FHO2Si/c1-4(2)3/h2H. The molecule has 0 unspecified atom stereocenters. The molecular weight excluding hydrogens is 79.1 g/mol. The summed E-state index contributed by atoms with van der Waals surface area (Å²) in [5.41, 5.74) is 0. The Balaban J connectivity index is 2.80. The Morgan fingerprint density at radius 3 is 2.00 bits per heavy atom. The smallest absolute Gasteiger partial charge is 0.517 e. The lowest BCUT2D eigenvalue weighted by molar-refractivity contribution is 0.390. The molecule has 0 rings (SSSR count). The zero-order valence-electron chi connectivity index (χ0n) is 1.73. The molecule has 0 aromatic heterocycles. The van der Waals surface area contributed by atoms with Crippen molar-refractivity contribution in [2.24, 2.45) is 0 Å². The van der Waals surface area contributed by atoms with E-state index in [1.165, 1.54) is 0 Å². The molecule has 0 heterocycles. The zero-order chi connectivity index (χ0) is 3.58. The van der Waals surface area contributed by atoms with Crippen LogP contribution in [0.4, 0.5) is 4.11 Å². The normalized spacial score (nSPS) is 6.25. The lowest BCUT2D eigenvalue weighted by atomic mass is 15.9. The second-order valence-electron chi connectivity index (χ2n) is 0.253. The van der Waals surface area contributed by atoms with Gasteiger partial charge >= 0.3 is 9.26 Å². The average Bonchev–Trinajstić information content (AvgIpc) is 0.811. The first kappa shape index (κ1) is 3.75. The Morgan fingerprint density at radius 2 is 2.00 bits per heavy atom. The van der Waals surface area contributed by atoms with Crippen molar-refractivity contribution >= 4 is 9.26 Å². The van der Waals surface area contributed by atoms with E-state index >= 15 is 0 Å². The molecule has 0 aliphatic rings. The Morgan fingerprint density at radius 1 is 2.00 bits per heavy atom. The zero-order valence-corrected chi connectivity index (χ0v) is 2.73. The molecule has 1 N–H and O–H groups in total. The van der Waals surface area contributed by atoms with Gasteiger partial charge in [0.25, 0.3) is 0 Å². The van der Waals surface area contributed by atoms with Gasteiger partial charge in [-0.05, 0) is 0 Å². The fourth-order valence-corrected chi connectivity index (χ4v) is 0. The summed E-state index contributed by atoms with van der Waals surface area (Å²) in [5.74, 6) is 0. The van der Waals surface area contributed by atoms with Crippen molar-refractivity contribution in [3.05, 3.63) is 0 Å². The lowest BCUT2D eigenvalue weighted by Gasteiger charge is -1.49. The maximum absolute atomic E-state index is 10.1. The van der Waals surface area contributed by atoms with Gasteiger partial charge in [-0.15, -0.1) is 0 Å². The first-order valence-corrected chi connectivity index (χ1v) is 1.85. The fraction of sp³-hybridized carbons (Fsp3) is 0. The molecule has 0 atom stereocenters. The van der Waals surface area contributed by atoms with E-state index in [4.69, 9.17) is 9.26 Å². The number of halogens is 1. The quantitative estimate of drug-likeness (QED) is 0.310. The van der Waals surface area contributed by atoms with Crippen molar-refractivity contribution in [3.8, 4) is 0 Å². The van der Waals surface area contributed by atoms with Crippen LogP contribution in [-0.2, 0) is 4.46 Å². The molecule has 0 fully saturated rings. The molecule has 0 aliphatic carbocycles. The Labute approximate surface area is 23.8 Å². The molecule has 0 aromatic carbocycles. The van der Waals surface area contributed by atoms with Crippen LogP contribution in [0.5, 0.6) is 0 Å². The van der Waals surface area contributed by atoms with Crippen LogP contribution in [0.2, 0.25) is 0 Å². The molecule has 0 spiro atoms. The summed E-state index contributed by atoms with van der Waals surface area (Å²) in [7, 11) is -3.63. The van der Waals surface area contributed by atoms with E-state index < -0.39 is 9.26 Å². The largest absolute Gasteiger partial charge is 0.734 e. The Kier molecular flexibility index (Phi) is 1.04.